The highest BCUT2D eigenvalue weighted by Gasteiger charge is 2.17. The third-order valence-electron chi connectivity index (χ3n) is 2.61. The topological polar surface area (TPSA) is 54.3 Å². The van der Waals surface area contributed by atoms with Gasteiger partial charge < -0.3 is 14.8 Å². The number of hydrogen-bond acceptors (Lipinski definition) is 4. The average Bonchev–Trinajstić information content (AvgIpc) is 2.32. The first-order valence-corrected chi connectivity index (χ1v) is 6.35. The summed E-state index contributed by atoms with van der Waals surface area (Å²) in [5.74, 6) is -0.435. The number of ether oxygens (including phenoxy) is 2. The smallest absolute Gasteiger partial charge is 0.180 e. The van der Waals surface area contributed by atoms with Crippen molar-refractivity contribution in [3.8, 4) is 11.8 Å². The predicted molar refractivity (Wildman–Crippen MR) is 73.7 cm³/mol. The van der Waals surface area contributed by atoms with E-state index < -0.39 is 5.82 Å². The van der Waals surface area contributed by atoms with Gasteiger partial charge in [-0.25, -0.2) is 4.39 Å². The van der Waals surface area contributed by atoms with Gasteiger partial charge in [0.2, 0.25) is 0 Å². The molecule has 1 aliphatic rings. The highest BCUT2D eigenvalue weighted by atomic mass is 79.9. The summed E-state index contributed by atoms with van der Waals surface area (Å²) in [4.78, 5) is 0. The van der Waals surface area contributed by atoms with E-state index in [9.17, 15) is 4.39 Å². The lowest BCUT2D eigenvalue weighted by Crippen LogP contribution is -2.48. The highest BCUT2D eigenvalue weighted by molar-refractivity contribution is 9.10. The van der Waals surface area contributed by atoms with Crippen molar-refractivity contribution in [2.45, 2.75) is 13.5 Å². The fourth-order valence-corrected chi connectivity index (χ4v) is 1.89. The zero-order valence-corrected chi connectivity index (χ0v) is 11.2. The third kappa shape index (κ3) is 3.90. The van der Waals surface area contributed by atoms with E-state index in [1.54, 1.807) is 0 Å². The van der Waals surface area contributed by atoms with Crippen LogP contribution >= 0.6 is 15.9 Å². The van der Waals surface area contributed by atoms with Crippen molar-refractivity contribution in [3.63, 3.8) is 0 Å². The predicted octanol–water partition coefficient (Wildman–Crippen LogP) is 2.46. The van der Waals surface area contributed by atoms with Gasteiger partial charge >= 0.3 is 0 Å². The molecule has 1 aromatic rings. The van der Waals surface area contributed by atoms with Crippen LogP contribution in [0.25, 0.3) is 0 Å². The van der Waals surface area contributed by atoms with Crippen LogP contribution < -0.4 is 10.1 Å². The number of nitriles is 1. The molecule has 0 atom stereocenters. The normalized spacial score (nSPS) is 14.2. The summed E-state index contributed by atoms with van der Waals surface area (Å²) in [6, 6.07) is 4.85. The Labute approximate surface area is 120 Å². The Kier molecular flexibility index (Phi) is 6.22. The Morgan fingerprint density at radius 2 is 2.16 bits per heavy atom. The van der Waals surface area contributed by atoms with Crippen molar-refractivity contribution < 1.29 is 13.9 Å². The minimum atomic E-state index is -0.556. The average molecular weight is 331 g/mol. The molecule has 0 radical (unpaired) electrons. The summed E-state index contributed by atoms with van der Waals surface area (Å²) in [7, 11) is 0. The lowest BCUT2D eigenvalue weighted by molar-refractivity contribution is 0.00408. The van der Waals surface area contributed by atoms with Gasteiger partial charge in [-0.15, -0.1) is 0 Å². The maximum atomic E-state index is 13.7. The molecular formula is C13H16BrFN2O2. The van der Waals surface area contributed by atoms with Gasteiger partial charge in [-0.2, -0.15) is 5.26 Å². The zero-order chi connectivity index (χ0) is 13.0. The minimum Gasteiger partial charge on any atom is -0.488 e. The van der Waals surface area contributed by atoms with Gasteiger partial charge in [0.15, 0.2) is 11.6 Å². The van der Waals surface area contributed by atoms with Crippen LogP contribution in [0.15, 0.2) is 16.6 Å². The molecule has 1 aliphatic heterocycles. The van der Waals surface area contributed by atoms with Crippen molar-refractivity contribution in [1.82, 2.24) is 5.32 Å². The van der Waals surface area contributed by atoms with Gasteiger partial charge in [-0.1, -0.05) is 7.43 Å². The van der Waals surface area contributed by atoms with Crippen molar-refractivity contribution in [2.75, 3.05) is 26.3 Å². The monoisotopic (exact) mass is 330 g/mol. The van der Waals surface area contributed by atoms with Gasteiger partial charge in [-0.3, -0.25) is 0 Å². The van der Waals surface area contributed by atoms with Crippen LogP contribution in [0.5, 0.6) is 5.75 Å². The molecule has 0 spiro atoms. The molecule has 1 aromatic carbocycles. The second kappa shape index (κ2) is 7.43. The number of rotatable bonds is 5. The molecule has 0 unspecified atom stereocenters. The van der Waals surface area contributed by atoms with E-state index in [0.717, 1.165) is 13.1 Å². The lowest BCUT2D eigenvalue weighted by atomic mass is 10.2. The lowest BCUT2D eigenvalue weighted by Gasteiger charge is -2.27. The van der Waals surface area contributed by atoms with E-state index in [1.807, 2.05) is 6.07 Å². The van der Waals surface area contributed by atoms with Crippen LogP contribution in [-0.4, -0.2) is 32.4 Å². The first-order valence-electron chi connectivity index (χ1n) is 5.55. The SMILES string of the molecule is C.N#Cc1ccc(OCCOC2CNC2)c(F)c1Br. The minimum absolute atomic E-state index is 0. The molecule has 1 N–H and O–H groups in total. The molecule has 6 heteroatoms. The maximum absolute atomic E-state index is 13.7. The molecule has 2 rings (SSSR count). The van der Waals surface area contributed by atoms with Crippen LogP contribution in [-0.2, 0) is 4.74 Å². The van der Waals surface area contributed by atoms with E-state index >= 15 is 0 Å². The van der Waals surface area contributed by atoms with Crippen LogP contribution in [0.1, 0.15) is 13.0 Å². The molecular weight excluding hydrogens is 315 g/mol. The zero-order valence-electron chi connectivity index (χ0n) is 9.58. The van der Waals surface area contributed by atoms with Gasteiger partial charge in [0.05, 0.1) is 22.7 Å². The summed E-state index contributed by atoms with van der Waals surface area (Å²) in [6.45, 7) is 2.42. The fourth-order valence-electron chi connectivity index (χ4n) is 1.48. The molecule has 0 bridgehead atoms. The summed E-state index contributed by atoms with van der Waals surface area (Å²) >= 11 is 3.03. The summed E-state index contributed by atoms with van der Waals surface area (Å²) in [6.07, 6.45) is 0.242. The second-order valence-corrected chi connectivity index (χ2v) is 4.64. The summed E-state index contributed by atoms with van der Waals surface area (Å²) < 4.78 is 24.6. The number of nitrogens with one attached hydrogen (secondary N) is 1. The van der Waals surface area contributed by atoms with E-state index in [1.165, 1.54) is 12.1 Å². The Morgan fingerprint density at radius 3 is 2.74 bits per heavy atom. The van der Waals surface area contributed by atoms with Crippen molar-refractivity contribution in [2.24, 2.45) is 0 Å². The summed E-state index contributed by atoms with van der Waals surface area (Å²) in [5.41, 5.74) is 0.247. The van der Waals surface area contributed by atoms with Crippen molar-refractivity contribution >= 4 is 15.9 Å². The maximum Gasteiger partial charge on any atom is 0.180 e. The van der Waals surface area contributed by atoms with Gasteiger partial charge in [-0.05, 0) is 28.1 Å². The van der Waals surface area contributed by atoms with Crippen LogP contribution in [0, 0.1) is 17.1 Å². The van der Waals surface area contributed by atoms with E-state index in [0.29, 0.717) is 6.61 Å². The van der Waals surface area contributed by atoms with Crippen molar-refractivity contribution in [3.05, 3.63) is 28.0 Å². The first-order chi connectivity index (χ1) is 8.72. The van der Waals surface area contributed by atoms with Gasteiger partial charge in [0.25, 0.3) is 0 Å². The van der Waals surface area contributed by atoms with Gasteiger partial charge in [0, 0.05) is 13.1 Å². The molecule has 0 aliphatic carbocycles. The third-order valence-corrected chi connectivity index (χ3v) is 3.38. The van der Waals surface area contributed by atoms with E-state index in [2.05, 4.69) is 21.2 Å². The van der Waals surface area contributed by atoms with Crippen LogP contribution in [0.4, 0.5) is 4.39 Å². The standard InChI is InChI=1S/C12H12BrFN2O2.CH4/c13-11-8(5-15)1-2-10(12(11)14)18-4-3-17-9-6-16-7-9;/h1-2,9,16H,3-4,6-7H2;1H4. The van der Waals surface area contributed by atoms with Crippen LogP contribution in [0.2, 0.25) is 0 Å². The highest BCUT2D eigenvalue weighted by Crippen LogP contribution is 2.28. The molecule has 104 valence electrons. The molecule has 0 amide bonds. The van der Waals surface area contributed by atoms with Crippen molar-refractivity contribution in [1.29, 1.82) is 5.26 Å². The Morgan fingerprint density at radius 1 is 1.42 bits per heavy atom. The fraction of sp³-hybridized carbons (Fsp3) is 0.462. The second-order valence-electron chi connectivity index (χ2n) is 3.85. The molecule has 0 saturated carbocycles. The van der Waals surface area contributed by atoms with Crippen LogP contribution in [0.3, 0.4) is 0 Å². The largest absolute Gasteiger partial charge is 0.488 e. The number of nitrogens with zero attached hydrogens (tertiary/aromatic N) is 1. The van der Waals surface area contributed by atoms with E-state index in [4.69, 9.17) is 14.7 Å². The number of halogens is 2. The quantitative estimate of drug-likeness (QED) is 0.842. The number of hydrogen-bond donors (Lipinski definition) is 1. The molecule has 1 heterocycles. The molecule has 0 aromatic heterocycles. The Balaban J connectivity index is 0.00000180. The van der Waals surface area contributed by atoms with Gasteiger partial charge in [0.1, 0.15) is 12.7 Å². The summed E-state index contributed by atoms with van der Waals surface area (Å²) in [5, 5.41) is 11.8. The Bertz CT molecular complexity index is 472. The molecule has 19 heavy (non-hydrogen) atoms. The molecule has 1 fully saturated rings. The number of benzene rings is 1. The molecule has 4 nitrogen and oxygen atoms in total. The first kappa shape index (κ1) is 15.9. The Hall–Kier alpha value is -1.16. The molecule has 1 saturated heterocycles. The van der Waals surface area contributed by atoms with E-state index in [-0.39, 0.29) is 35.9 Å².